The van der Waals surface area contributed by atoms with Gasteiger partial charge in [0.05, 0.1) is 16.8 Å². The lowest BCUT2D eigenvalue weighted by molar-refractivity contribution is 0.0991. The minimum atomic E-state index is -0.524. The van der Waals surface area contributed by atoms with E-state index in [9.17, 15) is 9.59 Å². The monoisotopic (exact) mass is 243 g/mol. The molecule has 0 bridgehead atoms. The Hall–Kier alpha value is -2.43. The average molecular weight is 243 g/mol. The molecule has 0 spiro atoms. The van der Waals surface area contributed by atoms with Gasteiger partial charge in [0.25, 0.3) is 5.91 Å². The highest BCUT2D eigenvalue weighted by Crippen LogP contribution is 2.23. The molecule has 2 amide bonds. The van der Waals surface area contributed by atoms with Gasteiger partial charge in [0.2, 0.25) is 5.91 Å². The highest BCUT2D eigenvalue weighted by atomic mass is 16.1. The first-order valence-electron chi connectivity index (χ1n) is 5.42. The fourth-order valence-electron chi connectivity index (χ4n) is 2.09. The number of nitrogens with zero attached hydrogens (tertiary/aromatic N) is 1. The molecule has 0 aliphatic heterocycles. The van der Waals surface area contributed by atoms with E-state index in [1.165, 1.54) is 0 Å². The van der Waals surface area contributed by atoms with Gasteiger partial charge < -0.3 is 11.5 Å². The van der Waals surface area contributed by atoms with E-state index in [0.717, 1.165) is 0 Å². The van der Waals surface area contributed by atoms with Crippen LogP contribution in [0.25, 0.3) is 10.9 Å². The summed E-state index contributed by atoms with van der Waals surface area (Å²) in [4.78, 5) is 26.9. The van der Waals surface area contributed by atoms with Gasteiger partial charge in [-0.25, -0.2) is 0 Å². The fourth-order valence-corrected chi connectivity index (χ4v) is 2.09. The quantitative estimate of drug-likeness (QED) is 0.824. The molecule has 0 radical (unpaired) electrons. The van der Waals surface area contributed by atoms with Crippen molar-refractivity contribution in [3.05, 3.63) is 40.6 Å². The molecule has 5 nitrogen and oxygen atoms in total. The summed E-state index contributed by atoms with van der Waals surface area (Å²) in [6.07, 6.45) is 0. The summed E-state index contributed by atoms with van der Waals surface area (Å²) in [7, 11) is 0. The maximum Gasteiger partial charge on any atom is 0.250 e. The number of amides is 2. The summed E-state index contributed by atoms with van der Waals surface area (Å²) >= 11 is 0. The molecule has 1 heterocycles. The molecule has 1 aromatic carbocycles. The van der Waals surface area contributed by atoms with E-state index in [0.29, 0.717) is 33.3 Å². The van der Waals surface area contributed by atoms with Crippen molar-refractivity contribution >= 4 is 22.7 Å². The zero-order valence-electron chi connectivity index (χ0n) is 10.2. The lowest BCUT2D eigenvalue weighted by atomic mass is 10.00. The maximum atomic E-state index is 11.4. The number of pyridine rings is 1. The largest absolute Gasteiger partial charge is 0.366 e. The summed E-state index contributed by atoms with van der Waals surface area (Å²) in [6, 6.07) is 4.95. The van der Waals surface area contributed by atoms with Crippen molar-refractivity contribution < 1.29 is 9.59 Å². The first kappa shape index (κ1) is 12.0. The molecule has 0 saturated heterocycles. The van der Waals surface area contributed by atoms with Gasteiger partial charge in [-0.15, -0.1) is 0 Å². The molecule has 0 aliphatic carbocycles. The van der Waals surface area contributed by atoms with Crippen LogP contribution in [0.5, 0.6) is 0 Å². The van der Waals surface area contributed by atoms with E-state index in [4.69, 9.17) is 11.5 Å². The van der Waals surface area contributed by atoms with Gasteiger partial charge in [-0.05, 0) is 37.6 Å². The van der Waals surface area contributed by atoms with E-state index >= 15 is 0 Å². The number of aryl methyl sites for hydroxylation is 2. The number of carbonyl (C=O) groups excluding carboxylic acids is 2. The normalized spacial score (nSPS) is 10.6. The molecule has 1 aromatic heterocycles. The minimum Gasteiger partial charge on any atom is -0.366 e. The molecule has 2 rings (SSSR count). The van der Waals surface area contributed by atoms with Crippen LogP contribution < -0.4 is 11.5 Å². The maximum absolute atomic E-state index is 11.4. The predicted molar refractivity (Wildman–Crippen MR) is 68.3 cm³/mol. The Morgan fingerprint density at radius 3 is 2.33 bits per heavy atom. The lowest BCUT2D eigenvalue weighted by Gasteiger charge is -2.10. The van der Waals surface area contributed by atoms with Crippen molar-refractivity contribution in [3.63, 3.8) is 0 Å². The van der Waals surface area contributed by atoms with Crippen molar-refractivity contribution in [2.75, 3.05) is 0 Å². The smallest absolute Gasteiger partial charge is 0.250 e. The minimum absolute atomic E-state index is 0.381. The Kier molecular flexibility index (Phi) is 2.74. The summed E-state index contributed by atoms with van der Waals surface area (Å²) in [5, 5.41) is 0.714. The molecule has 0 atom stereocenters. The molecule has 0 fully saturated rings. The second kappa shape index (κ2) is 4.10. The van der Waals surface area contributed by atoms with Crippen LogP contribution in [0.2, 0.25) is 0 Å². The van der Waals surface area contributed by atoms with Gasteiger partial charge in [-0.1, -0.05) is 0 Å². The lowest BCUT2D eigenvalue weighted by Crippen LogP contribution is -2.16. The number of benzene rings is 1. The second-order valence-electron chi connectivity index (χ2n) is 4.16. The highest BCUT2D eigenvalue weighted by Gasteiger charge is 2.14. The van der Waals surface area contributed by atoms with Crippen LogP contribution in [0.15, 0.2) is 18.2 Å². The first-order chi connectivity index (χ1) is 8.41. The molecular formula is C13H13N3O2. The van der Waals surface area contributed by atoms with E-state index in [-0.39, 0.29) is 0 Å². The van der Waals surface area contributed by atoms with Crippen LogP contribution in [0, 0.1) is 13.8 Å². The number of hydrogen-bond donors (Lipinski definition) is 2. The van der Waals surface area contributed by atoms with Gasteiger partial charge >= 0.3 is 0 Å². The Morgan fingerprint density at radius 1 is 1.11 bits per heavy atom. The molecule has 18 heavy (non-hydrogen) atoms. The number of carbonyl (C=O) groups is 2. The van der Waals surface area contributed by atoms with Crippen molar-refractivity contribution in [3.8, 4) is 0 Å². The zero-order chi connectivity index (χ0) is 13.4. The molecule has 4 N–H and O–H groups in total. The molecule has 92 valence electrons. The van der Waals surface area contributed by atoms with Gasteiger partial charge in [-0.3, -0.25) is 14.6 Å². The third-order valence-electron chi connectivity index (χ3n) is 2.96. The Labute approximate surface area is 104 Å². The highest BCUT2D eigenvalue weighted by molar-refractivity contribution is 6.02. The van der Waals surface area contributed by atoms with E-state index in [1.54, 1.807) is 32.0 Å². The summed E-state index contributed by atoms with van der Waals surface area (Å²) in [5.41, 5.74) is 13.3. The molecular weight excluding hydrogens is 230 g/mol. The molecule has 0 unspecified atom stereocenters. The standard InChI is InChI=1S/C13H13N3O2/c1-6-9-5-8(12(14)17)3-4-10(9)16-7(2)11(6)13(15)18/h3-5H,1-2H3,(H2,14,17)(H2,15,18). The van der Waals surface area contributed by atoms with Gasteiger partial charge in [-0.2, -0.15) is 0 Å². The zero-order valence-corrected chi connectivity index (χ0v) is 10.2. The van der Waals surface area contributed by atoms with Crippen molar-refractivity contribution in [1.82, 2.24) is 4.98 Å². The molecule has 0 saturated carbocycles. The predicted octanol–water partition coefficient (Wildman–Crippen LogP) is 1.05. The third kappa shape index (κ3) is 1.79. The Morgan fingerprint density at radius 2 is 1.78 bits per heavy atom. The van der Waals surface area contributed by atoms with Gasteiger partial charge in [0.15, 0.2) is 0 Å². The number of fused-ring (bicyclic) bond motifs is 1. The third-order valence-corrected chi connectivity index (χ3v) is 2.96. The van der Waals surface area contributed by atoms with Crippen LogP contribution in [-0.2, 0) is 0 Å². The van der Waals surface area contributed by atoms with Crippen LogP contribution in [-0.4, -0.2) is 16.8 Å². The van der Waals surface area contributed by atoms with Crippen molar-refractivity contribution in [2.24, 2.45) is 11.5 Å². The van der Waals surface area contributed by atoms with E-state index in [2.05, 4.69) is 4.98 Å². The van der Waals surface area contributed by atoms with E-state index < -0.39 is 11.8 Å². The first-order valence-corrected chi connectivity index (χ1v) is 5.42. The molecule has 5 heteroatoms. The topological polar surface area (TPSA) is 99.1 Å². The van der Waals surface area contributed by atoms with Crippen LogP contribution in [0.4, 0.5) is 0 Å². The van der Waals surface area contributed by atoms with Crippen molar-refractivity contribution in [1.29, 1.82) is 0 Å². The second-order valence-corrected chi connectivity index (χ2v) is 4.16. The van der Waals surface area contributed by atoms with Gasteiger partial charge in [0.1, 0.15) is 0 Å². The SMILES string of the molecule is Cc1nc2ccc(C(N)=O)cc2c(C)c1C(N)=O. The number of aromatic nitrogens is 1. The number of nitrogens with two attached hydrogens (primary N) is 2. The van der Waals surface area contributed by atoms with Crippen molar-refractivity contribution in [2.45, 2.75) is 13.8 Å². The van der Waals surface area contributed by atoms with Gasteiger partial charge in [0, 0.05) is 10.9 Å². The van der Waals surface area contributed by atoms with Crippen LogP contribution in [0.3, 0.4) is 0 Å². The van der Waals surface area contributed by atoms with E-state index in [1.807, 2.05) is 0 Å². The fraction of sp³-hybridized carbons (Fsp3) is 0.154. The number of primary amides is 2. The summed E-state index contributed by atoms with van der Waals surface area (Å²) in [5.74, 6) is -1.04. The molecule has 2 aromatic rings. The Balaban J connectivity index is 2.85. The van der Waals surface area contributed by atoms with Crippen LogP contribution in [0.1, 0.15) is 32.0 Å². The molecule has 0 aliphatic rings. The summed E-state index contributed by atoms with van der Waals surface area (Å²) < 4.78 is 0. The summed E-state index contributed by atoms with van der Waals surface area (Å²) in [6.45, 7) is 3.51. The number of rotatable bonds is 2. The van der Waals surface area contributed by atoms with Crippen LogP contribution >= 0.6 is 0 Å². The Bertz CT molecular complexity index is 677. The number of hydrogen-bond acceptors (Lipinski definition) is 3. The average Bonchev–Trinajstić information content (AvgIpc) is 2.27.